The van der Waals surface area contributed by atoms with E-state index in [1.165, 1.54) is 11.6 Å². The van der Waals surface area contributed by atoms with Crippen molar-refractivity contribution in [2.45, 2.75) is 46.1 Å². The molecule has 0 radical (unpaired) electrons. The van der Waals surface area contributed by atoms with Crippen molar-refractivity contribution in [3.8, 4) is 0 Å². The number of aromatic nitrogens is 1. The third kappa shape index (κ3) is 5.13. The molecule has 31 heavy (non-hydrogen) atoms. The maximum absolute atomic E-state index is 12.7. The van der Waals surface area contributed by atoms with Gasteiger partial charge in [-0.1, -0.05) is 44.2 Å². The summed E-state index contributed by atoms with van der Waals surface area (Å²) in [5.41, 5.74) is 1.85. The Morgan fingerprint density at radius 3 is 2.74 bits per heavy atom. The number of benzene rings is 1. The number of amides is 1. The van der Waals surface area contributed by atoms with Gasteiger partial charge in [0.2, 0.25) is 0 Å². The van der Waals surface area contributed by atoms with Crippen LogP contribution in [0.5, 0.6) is 0 Å². The Balaban J connectivity index is 1.38. The lowest BCUT2D eigenvalue weighted by atomic mass is 9.75. The summed E-state index contributed by atoms with van der Waals surface area (Å²) in [4.78, 5) is 43.0. The number of Topliss-reactive ketones (excluding diaryl/α,β-unsaturated/α-hetero) is 1. The number of likely N-dealkylation sites (tertiary alicyclic amines) is 1. The molecule has 6 nitrogen and oxygen atoms in total. The molecule has 1 amide bonds. The molecule has 1 aromatic heterocycles. The molecular weight excluding hydrogens is 390 g/mol. The first kappa shape index (κ1) is 21.5. The number of carbonyl (C=O) groups is 2. The molecule has 2 heterocycles. The zero-order valence-corrected chi connectivity index (χ0v) is 18.4. The van der Waals surface area contributed by atoms with Crippen molar-refractivity contribution in [3.63, 3.8) is 0 Å². The first-order valence-corrected chi connectivity index (χ1v) is 11.1. The van der Waals surface area contributed by atoms with Gasteiger partial charge in [-0.2, -0.15) is 0 Å². The number of rotatable bonds is 5. The molecule has 6 heteroatoms. The third-order valence-corrected chi connectivity index (χ3v) is 6.37. The lowest BCUT2D eigenvalue weighted by molar-refractivity contribution is 0.0910. The molecule has 2 N–H and O–H groups in total. The zero-order valence-electron chi connectivity index (χ0n) is 18.4. The van der Waals surface area contributed by atoms with E-state index in [-0.39, 0.29) is 16.8 Å². The number of hydrogen-bond donors (Lipinski definition) is 2. The summed E-state index contributed by atoms with van der Waals surface area (Å²) in [6.07, 6.45) is 3.20. The first-order chi connectivity index (χ1) is 14.8. The van der Waals surface area contributed by atoms with E-state index in [9.17, 15) is 14.4 Å². The first-order valence-electron chi connectivity index (χ1n) is 11.1. The fourth-order valence-electron chi connectivity index (χ4n) is 4.83. The Kier molecular flexibility index (Phi) is 6.10. The number of pyridine rings is 1. The second-order valence-corrected chi connectivity index (χ2v) is 9.78. The van der Waals surface area contributed by atoms with E-state index in [4.69, 9.17) is 0 Å². The minimum Gasteiger partial charge on any atom is -0.352 e. The van der Waals surface area contributed by atoms with Gasteiger partial charge in [0.05, 0.1) is 0 Å². The fraction of sp³-hybridized carbons (Fsp3) is 0.480. The van der Waals surface area contributed by atoms with E-state index < -0.39 is 11.5 Å². The molecule has 1 aliphatic carbocycles. The Morgan fingerprint density at radius 2 is 1.97 bits per heavy atom. The minimum absolute atomic E-state index is 0.0135. The molecule has 1 saturated heterocycles. The van der Waals surface area contributed by atoms with Gasteiger partial charge in [0.25, 0.3) is 11.5 Å². The largest absolute Gasteiger partial charge is 0.352 e. The van der Waals surface area contributed by atoms with E-state index in [0.717, 1.165) is 32.5 Å². The van der Waals surface area contributed by atoms with E-state index >= 15 is 0 Å². The van der Waals surface area contributed by atoms with E-state index in [1.54, 1.807) is 0 Å². The van der Waals surface area contributed by atoms with Crippen LogP contribution < -0.4 is 10.9 Å². The lowest BCUT2D eigenvalue weighted by Gasteiger charge is -2.33. The predicted octanol–water partition coefficient (Wildman–Crippen LogP) is 3.17. The van der Waals surface area contributed by atoms with Crippen molar-refractivity contribution < 1.29 is 9.59 Å². The molecule has 164 valence electrons. The van der Waals surface area contributed by atoms with E-state index in [0.29, 0.717) is 36.6 Å². The van der Waals surface area contributed by atoms with Gasteiger partial charge < -0.3 is 10.3 Å². The molecule has 1 fully saturated rings. The van der Waals surface area contributed by atoms with Crippen LogP contribution in [0.15, 0.2) is 41.2 Å². The van der Waals surface area contributed by atoms with Gasteiger partial charge in [0.1, 0.15) is 5.56 Å². The second kappa shape index (κ2) is 8.79. The number of ketones is 1. The van der Waals surface area contributed by atoms with Gasteiger partial charge in [0.15, 0.2) is 5.78 Å². The summed E-state index contributed by atoms with van der Waals surface area (Å²) in [7, 11) is 0. The van der Waals surface area contributed by atoms with Gasteiger partial charge in [0, 0.05) is 37.3 Å². The molecule has 0 bridgehead atoms. The zero-order chi connectivity index (χ0) is 22.0. The molecule has 2 aromatic rings. The van der Waals surface area contributed by atoms with Crippen LogP contribution in [0.1, 0.15) is 65.1 Å². The normalized spacial score (nSPS) is 20.8. The van der Waals surface area contributed by atoms with Crippen molar-refractivity contribution in [2.24, 2.45) is 11.3 Å². The third-order valence-electron chi connectivity index (χ3n) is 6.37. The summed E-state index contributed by atoms with van der Waals surface area (Å²) in [6, 6.07) is 11.9. The fourth-order valence-corrected chi connectivity index (χ4v) is 4.83. The Labute approximate surface area is 183 Å². The van der Waals surface area contributed by atoms with E-state index in [1.807, 2.05) is 19.9 Å². The van der Waals surface area contributed by atoms with Gasteiger partial charge in [-0.15, -0.1) is 0 Å². The smallest absolute Gasteiger partial charge is 0.261 e. The number of H-pyrrole nitrogens is 1. The van der Waals surface area contributed by atoms with Gasteiger partial charge in [-0.3, -0.25) is 19.3 Å². The van der Waals surface area contributed by atoms with Gasteiger partial charge in [-0.05, 0) is 48.8 Å². The molecule has 4 rings (SSSR count). The van der Waals surface area contributed by atoms with Crippen molar-refractivity contribution in [1.82, 2.24) is 15.2 Å². The molecule has 2 aliphatic rings. The summed E-state index contributed by atoms with van der Waals surface area (Å²) in [6.45, 7) is 7.44. The Morgan fingerprint density at radius 1 is 1.19 bits per heavy atom. The highest BCUT2D eigenvalue weighted by Crippen LogP contribution is 2.33. The van der Waals surface area contributed by atoms with Crippen LogP contribution in [-0.4, -0.2) is 41.2 Å². The van der Waals surface area contributed by atoms with Gasteiger partial charge in [-0.25, -0.2) is 0 Å². The summed E-state index contributed by atoms with van der Waals surface area (Å²) in [5, 5.41) is 2.93. The van der Waals surface area contributed by atoms with Gasteiger partial charge >= 0.3 is 0 Å². The predicted molar refractivity (Wildman–Crippen MR) is 120 cm³/mol. The number of fused-ring (bicyclic) bond motifs is 1. The molecule has 1 unspecified atom stereocenters. The highest BCUT2D eigenvalue weighted by molar-refractivity contribution is 6.02. The monoisotopic (exact) mass is 421 g/mol. The Bertz CT molecular complexity index is 1030. The summed E-state index contributed by atoms with van der Waals surface area (Å²) >= 11 is 0. The average molecular weight is 422 g/mol. The van der Waals surface area contributed by atoms with Crippen LogP contribution in [0.3, 0.4) is 0 Å². The molecule has 1 aromatic carbocycles. The highest BCUT2D eigenvalue weighted by Gasteiger charge is 2.32. The van der Waals surface area contributed by atoms with Crippen LogP contribution in [-0.2, 0) is 13.0 Å². The lowest BCUT2D eigenvalue weighted by Crippen LogP contribution is -2.41. The van der Waals surface area contributed by atoms with Crippen molar-refractivity contribution in [3.05, 3.63) is 69.1 Å². The minimum atomic E-state index is -0.420. The molecule has 1 aliphatic heterocycles. The molecule has 1 atom stereocenters. The summed E-state index contributed by atoms with van der Waals surface area (Å²) in [5.74, 6) is -0.0668. The maximum Gasteiger partial charge on any atom is 0.261 e. The van der Waals surface area contributed by atoms with Crippen LogP contribution in [0.4, 0.5) is 0 Å². The quantitative estimate of drug-likeness (QED) is 0.777. The summed E-state index contributed by atoms with van der Waals surface area (Å²) < 4.78 is 0. The maximum atomic E-state index is 12.7. The number of nitrogens with one attached hydrogen (secondary N) is 2. The van der Waals surface area contributed by atoms with Crippen LogP contribution in [0.25, 0.3) is 0 Å². The average Bonchev–Trinajstić information content (AvgIpc) is 2.72. The van der Waals surface area contributed by atoms with Crippen LogP contribution in [0, 0.1) is 11.3 Å². The van der Waals surface area contributed by atoms with Crippen LogP contribution in [0.2, 0.25) is 0 Å². The van der Waals surface area contributed by atoms with Crippen molar-refractivity contribution in [1.29, 1.82) is 0 Å². The number of nitrogens with zero attached hydrogens (tertiary/aromatic N) is 1. The SMILES string of the molecule is CC1(C)CC(=O)c2cc(C(=O)NCC3CCCN(Cc4ccccc4)C3)c(=O)[nH]c2C1. The topological polar surface area (TPSA) is 82.3 Å². The number of hydrogen-bond acceptors (Lipinski definition) is 4. The molecule has 0 spiro atoms. The molecule has 0 saturated carbocycles. The highest BCUT2D eigenvalue weighted by atomic mass is 16.2. The van der Waals surface area contributed by atoms with Crippen molar-refractivity contribution in [2.75, 3.05) is 19.6 Å². The van der Waals surface area contributed by atoms with Crippen molar-refractivity contribution >= 4 is 11.7 Å². The molecular formula is C25H31N3O3. The Hall–Kier alpha value is -2.73. The number of aromatic amines is 1. The van der Waals surface area contributed by atoms with Crippen LogP contribution >= 0.6 is 0 Å². The van der Waals surface area contributed by atoms with E-state index in [2.05, 4.69) is 39.5 Å². The number of piperidine rings is 1. The number of carbonyl (C=O) groups excluding carboxylic acids is 2. The standard InChI is InChI=1S/C25H31N3O3/c1-25(2)12-21-19(22(29)13-25)11-20(24(31)27-21)23(30)26-14-18-9-6-10-28(16-18)15-17-7-4-3-5-8-17/h3-5,7-8,11,18H,6,9-10,12-16H2,1-2H3,(H,26,30)(H,27,31). The second-order valence-electron chi connectivity index (χ2n) is 9.78.